The predicted molar refractivity (Wildman–Crippen MR) is 117 cm³/mol. The highest BCUT2D eigenvalue weighted by Crippen LogP contribution is 2.45. The van der Waals surface area contributed by atoms with Gasteiger partial charge in [0.05, 0.1) is 43.0 Å². The van der Waals surface area contributed by atoms with Crippen LogP contribution in [-0.4, -0.2) is 31.3 Å². The molecule has 3 rings (SSSR count). The lowest BCUT2D eigenvalue weighted by Gasteiger charge is -2.36. The second-order valence-electron chi connectivity index (χ2n) is 7.21. The Morgan fingerprint density at radius 1 is 1.06 bits per heavy atom. The van der Waals surface area contributed by atoms with Gasteiger partial charge >= 0.3 is 11.9 Å². The number of hydrogen-bond acceptors (Lipinski definition) is 8. The largest absolute Gasteiger partial charge is 0.505 e. The zero-order valence-corrected chi connectivity index (χ0v) is 18.2. The summed E-state index contributed by atoms with van der Waals surface area (Å²) in [5.41, 5.74) is 8.16. The van der Waals surface area contributed by atoms with Gasteiger partial charge in [-0.3, -0.25) is 4.90 Å². The molecular weight excluding hydrogens is 410 g/mol. The van der Waals surface area contributed by atoms with E-state index in [2.05, 4.69) is 6.07 Å². The van der Waals surface area contributed by atoms with Crippen molar-refractivity contribution in [3.63, 3.8) is 0 Å². The van der Waals surface area contributed by atoms with Gasteiger partial charge in [0.1, 0.15) is 17.3 Å². The molecule has 1 atom stereocenters. The minimum atomic E-state index is -0.965. The number of carbonyl (C=O) groups excluding carboxylic acids is 2. The summed E-state index contributed by atoms with van der Waals surface area (Å²) in [6.45, 7) is 3.52. The molecule has 2 aromatic carbocycles. The second kappa shape index (κ2) is 8.86. The van der Waals surface area contributed by atoms with E-state index >= 15 is 0 Å². The fourth-order valence-electron chi connectivity index (χ4n) is 3.73. The van der Waals surface area contributed by atoms with Crippen LogP contribution in [0.4, 0.5) is 5.69 Å². The van der Waals surface area contributed by atoms with E-state index in [1.807, 2.05) is 6.92 Å². The molecule has 1 aliphatic rings. The predicted octanol–water partition coefficient (Wildman–Crippen LogP) is 2.91. The molecule has 0 aromatic heterocycles. The zero-order chi connectivity index (χ0) is 23.6. The van der Waals surface area contributed by atoms with E-state index in [-0.39, 0.29) is 34.1 Å². The quantitative estimate of drug-likeness (QED) is 0.705. The van der Waals surface area contributed by atoms with Crippen molar-refractivity contribution in [3.8, 4) is 11.8 Å². The number of ether oxygens (including phenoxy) is 2. The number of anilines is 1. The minimum absolute atomic E-state index is 0.0295. The van der Waals surface area contributed by atoms with Crippen molar-refractivity contribution in [2.75, 3.05) is 19.1 Å². The first kappa shape index (κ1) is 22.4. The van der Waals surface area contributed by atoms with Gasteiger partial charge in [0, 0.05) is 0 Å². The summed E-state index contributed by atoms with van der Waals surface area (Å²) >= 11 is 0. The first-order valence-corrected chi connectivity index (χ1v) is 9.73. The van der Waals surface area contributed by atoms with Gasteiger partial charge in [-0.05, 0) is 36.6 Å². The van der Waals surface area contributed by atoms with E-state index in [1.54, 1.807) is 49.4 Å². The Kier molecular flexibility index (Phi) is 6.21. The van der Waals surface area contributed by atoms with E-state index in [1.165, 1.54) is 19.1 Å². The molecule has 32 heavy (non-hydrogen) atoms. The van der Waals surface area contributed by atoms with Gasteiger partial charge in [-0.1, -0.05) is 36.4 Å². The van der Waals surface area contributed by atoms with Crippen LogP contribution in [-0.2, 0) is 19.1 Å². The summed E-state index contributed by atoms with van der Waals surface area (Å²) in [4.78, 5) is 27.2. The van der Waals surface area contributed by atoms with Crippen LogP contribution in [0.1, 0.15) is 22.6 Å². The van der Waals surface area contributed by atoms with Crippen LogP contribution in [0.2, 0.25) is 0 Å². The van der Waals surface area contributed by atoms with Crippen LogP contribution in [0, 0.1) is 25.2 Å². The Morgan fingerprint density at radius 3 is 2.25 bits per heavy atom. The third kappa shape index (κ3) is 3.54. The Bertz CT molecular complexity index is 1190. The molecule has 1 aliphatic heterocycles. The molecule has 0 amide bonds. The summed E-state index contributed by atoms with van der Waals surface area (Å²) in [6.07, 6.45) is 0. The molecule has 0 bridgehead atoms. The number of methoxy groups -OCH3 is 2. The van der Waals surface area contributed by atoms with Crippen LogP contribution < -0.4 is 10.6 Å². The van der Waals surface area contributed by atoms with E-state index in [4.69, 9.17) is 15.2 Å². The van der Waals surface area contributed by atoms with Crippen molar-refractivity contribution >= 4 is 17.6 Å². The van der Waals surface area contributed by atoms with Gasteiger partial charge in [-0.15, -0.1) is 0 Å². The summed E-state index contributed by atoms with van der Waals surface area (Å²) < 4.78 is 9.96. The van der Waals surface area contributed by atoms with Gasteiger partial charge in [-0.25, -0.2) is 9.59 Å². The molecule has 164 valence electrons. The molecule has 3 N–H and O–H groups in total. The monoisotopic (exact) mass is 433 g/mol. The molecule has 0 fully saturated rings. The highest BCUT2D eigenvalue weighted by atomic mass is 16.5. The summed E-state index contributed by atoms with van der Waals surface area (Å²) in [6, 6.07) is 14.1. The first-order chi connectivity index (χ1) is 15.3. The van der Waals surface area contributed by atoms with Gasteiger partial charge < -0.3 is 20.3 Å². The average Bonchev–Trinajstić information content (AvgIpc) is 2.81. The van der Waals surface area contributed by atoms with Crippen molar-refractivity contribution in [1.29, 1.82) is 5.26 Å². The lowest BCUT2D eigenvalue weighted by molar-refractivity contribution is -0.139. The third-order valence-corrected chi connectivity index (χ3v) is 5.53. The lowest BCUT2D eigenvalue weighted by atomic mass is 9.81. The molecule has 1 heterocycles. The Hall–Kier alpha value is -4.25. The number of phenolic OH excluding ortho intramolecular Hbond substituents is 1. The van der Waals surface area contributed by atoms with Crippen molar-refractivity contribution in [2.45, 2.75) is 19.8 Å². The molecule has 0 saturated heterocycles. The lowest BCUT2D eigenvalue weighted by Crippen LogP contribution is -2.40. The van der Waals surface area contributed by atoms with Gasteiger partial charge in [0.15, 0.2) is 0 Å². The average molecular weight is 433 g/mol. The summed E-state index contributed by atoms with van der Waals surface area (Å²) in [5.74, 6) is -2.91. The molecule has 1 unspecified atom stereocenters. The number of rotatable bonds is 4. The van der Waals surface area contributed by atoms with Crippen molar-refractivity contribution in [2.24, 2.45) is 5.73 Å². The van der Waals surface area contributed by atoms with E-state index in [9.17, 15) is 20.0 Å². The Labute approximate surface area is 185 Å². The first-order valence-electron chi connectivity index (χ1n) is 9.73. The van der Waals surface area contributed by atoms with Crippen LogP contribution in [0.5, 0.6) is 5.75 Å². The highest BCUT2D eigenvalue weighted by Gasteiger charge is 2.43. The number of phenols is 1. The normalized spacial score (nSPS) is 16.0. The van der Waals surface area contributed by atoms with Crippen LogP contribution >= 0.6 is 0 Å². The van der Waals surface area contributed by atoms with Crippen LogP contribution in [0.3, 0.4) is 0 Å². The SMILES string of the molecule is COC(=O)C1=C(C(=O)OC)N(c2ccc(C)c(C)c2O)C(N)=C(C#N)C1c1ccccc1. The maximum absolute atomic E-state index is 13.0. The van der Waals surface area contributed by atoms with Gasteiger partial charge in [0.2, 0.25) is 0 Å². The maximum Gasteiger partial charge on any atom is 0.355 e. The number of esters is 2. The minimum Gasteiger partial charge on any atom is -0.505 e. The second-order valence-corrected chi connectivity index (χ2v) is 7.21. The standard InChI is InChI=1S/C24H23N3O5/c1-13-10-11-17(21(28)14(13)2)27-20(24(30)32-4)19(23(29)31-3)18(16(12-25)22(27)26)15-8-6-5-7-9-15/h5-11,18,28H,26H2,1-4H3. The summed E-state index contributed by atoms with van der Waals surface area (Å²) in [7, 11) is 2.34. The van der Waals surface area contributed by atoms with E-state index in [0.717, 1.165) is 5.56 Å². The molecule has 8 heteroatoms. The van der Waals surface area contributed by atoms with E-state index in [0.29, 0.717) is 11.1 Å². The molecule has 2 aromatic rings. The van der Waals surface area contributed by atoms with Gasteiger partial charge in [0.25, 0.3) is 0 Å². The number of nitrogens with zero attached hydrogens (tertiary/aromatic N) is 2. The smallest absolute Gasteiger partial charge is 0.355 e. The number of hydrogen-bond donors (Lipinski definition) is 2. The zero-order valence-electron chi connectivity index (χ0n) is 18.2. The molecule has 0 radical (unpaired) electrons. The van der Waals surface area contributed by atoms with Gasteiger partial charge in [-0.2, -0.15) is 5.26 Å². The topological polar surface area (TPSA) is 126 Å². The number of aryl methyl sites for hydroxylation is 1. The van der Waals surface area contributed by atoms with Crippen molar-refractivity contribution in [1.82, 2.24) is 0 Å². The third-order valence-electron chi connectivity index (χ3n) is 5.53. The van der Waals surface area contributed by atoms with Crippen LogP contribution in [0.15, 0.2) is 65.1 Å². The van der Waals surface area contributed by atoms with Crippen molar-refractivity contribution in [3.05, 3.63) is 81.8 Å². The number of nitrogens with two attached hydrogens (primary N) is 1. The molecular formula is C24H23N3O5. The fourth-order valence-corrected chi connectivity index (χ4v) is 3.73. The summed E-state index contributed by atoms with van der Waals surface area (Å²) in [5, 5.41) is 20.9. The molecule has 0 saturated carbocycles. The Balaban J connectivity index is 2.46. The highest BCUT2D eigenvalue weighted by molar-refractivity contribution is 6.06. The number of aromatic hydroxyl groups is 1. The fraction of sp³-hybridized carbons (Fsp3) is 0.208. The van der Waals surface area contributed by atoms with Crippen molar-refractivity contribution < 1.29 is 24.2 Å². The number of nitriles is 1. The number of allylic oxidation sites excluding steroid dienone is 1. The van der Waals surface area contributed by atoms with Crippen LogP contribution in [0.25, 0.3) is 0 Å². The molecule has 0 aliphatic carbocycles. The maximum atomic E-state index is 13.0. The number of carbonyl (C=O) groups is 2. The van der Waals surface area contributed by atoms with E-state index < -0.39 is 17.9 Å². The number of benzene rings is 2. The molecule has 8 nitrogen and oxygen atoms in total. The Morgan fingerprint density at radius 2 is 1.69 bits per heavy atom. The molecule has 0 spiro atoms.